The molecule has 0 aromatic carbocycles. The summed E-state index contributed by atoms with van der Waals surface area (Å²) in [5, 5.41) is 11.4. The minimum Gasteiger partial charge on any atom is -0.319 e. The molecule has 2 heterocycles. The predicted octanol–water partition coefficient (Wildman–Crippen LogP) is 0.417. The van der Waals surface area contributed by atoms with Crippen LogP contribution in [-0.4, -0.2) is 46.3 Å². The molecule has 1 N–H and O–H groups in total. The van der Waals surface area contributed by atoms with Crippen LogP contribution in [0.5, 0.6) is 0 Å². The standard InChI is InChI=1S/C11H21N5/c1-9(11-14-13-8-15(11)3)16-5-4-10(7-16)6-12-2/h8-10,12H,4-7H2,1-3H3. The van der Waals surface area contributed by atoms with Crippen LogP contribution in [0, 0.1) is 5.92 Å². The summed E-state index contributed by atoms with van der Waals surface area (Å²) in [5.74, 6) is 1.84. The van der Waals surface area contributed by atoms with Gasteiger partial charge in [0.25, 0.3) is 0 Å². The van der Waals surface area contributed by atoms with Crippen LogP contribution in [0.3, 0.4) is 0 Å². The van der Waals surface area contributed by atoms with Crippen LogP contribution in [0.1, 0.15) is 25.2 Å². The van der Waals surface area contributed by atoms with E-state index < -0.39 is 0 Å². The van der Waals surface area contributed by atoms with E-state index in [1.54, 1.807) is 6.33 Å². The first-order valence-electron chi connectivity index (χ1n) is 5.95. The number of rotatable bonds is 4. The molecule has 1 aromatic heterocycles. The lowest BCUT2D eigenvalue weighted by molar-refractivity contribution is 0.239. The minimum absolute atomic E-state index is 0.370. The summed E-state index contributed by atoms with van der Waals surface area (Å²) in [6, 6.07) is 0.370. The van der Waals surface area contributed by atoms with Gasteiger partial charge in [-0.25, -0.2) is 0 Å². The summed E-state index contributed by atoms with van der Waals surface area (Å²) in [5.41, 5.74) is 0. The molecule has 90 valence electrons. The first-order chi connectivity index (χ1) is 7.72. The molecule has 1 aliphatic rings. The fraction of sp³-hybridized carbons (Fsp3) is 0.818. The Balaban J connectivity index is 1.97. The molecule has 0 bridgehead atoms. The summed E-state index contributed by atoms with van der Waals surface area (Å²) in [6.45, 7) is 5.66. The molecular formula is C11H21N5. The van der Waals surface area contributed by atoms with Crippen molar-refractivity contribution in [1.82, 2.24) is 25.0 Å². The zero-order valence-corrected chi connectivity index (χ0v) is 10.3. The average Bonchev–Trinajstić information content (AvgIpc) is 2.87. The van der Waals surface area contributed by atoms with Gasteiger partial charge >= 0.3 is 0 Å². The fourth-order valence-electron chi connectivity index (χ4n) is 2.50. The second kappa shape index (κ2) is 4.93. The third kappa shape index (κ3) is 2.25. The first-order valence-corrected chi connectivity index (χ1v) is 5.95. The Morgan fingerprint density at radius 2 is 2.44 bits per heavy atom. The number of aromatic nitrogens is 3. The summed E-state index contributed by atoms with van der Waals surface area (Å²) in [4.78, 5) is 2.49. The largest absolute Gasteiger partial charge is 0.319 e. The zero-order chi connectivity index (χ0) is 11.5. The van der Waals surface area contributed by atoms with Gasteiger partial charge in [-0.3, -0.25) is 4.90 Å². The molecule has 5 nitrogen and oxygen atoms in total. The average molecular weight is 223 g/mol. The molecule has 1 aromatic rings. The molecule has 0 spiro atoms. The van der Waals surface area contributed by atoms with E-state index in [0.29, 0.717) is 6.04 Å². The minimum atomic E-state index is 0.370. The van der Waals surface area contributed by atoms with Gasteiger partial charge in [0.05, 0.1) is 6.04 Å². The summed E-state index contributed by atoms with van der Waals surface area (Å²) in [6.07, 6.45) is 3.05. The van der Waals surface area contributed by atoms with Crippen LogP contribution in [0.2, 0.25) is 0 Å². The van der Waals surface area contributed by atoms with Gasteiger partial charge < -0.3 is 9.88 Å². The lowest BCUT2D eigenvalue weighted by atomic mass is 10.1. The van der Waals surface area contributed by atoms with Crippen molar-refractivity contribution in [3.8, 4) is 0 Å². The quantitative estimate of drug-likeness (QED) is 0.803. The van der Waals surface area contributed by atoms with E-state index in [4.69, 9.17) is 0 Å². The Labute approximate surface area is 96.8 Å². The van der Waals surface area contributed by atoms with Gasteiger partial charge in [-0.15, -0.1) is 10.2 Å². The highest BCUT2D eigenvalue weighted by molar-refractivity contribution is 4.95. The van der Waals surface area contributed by atoms with Crippen LogP contribution in [0.15, 0.2) is 6.33 Å². The highest BCUT2D eigenvalue weighted by Crippen LogP contribution is 2.25. The van der Waals surface area contributed by atoms with Crippen molar-refractivity contribution in [3.63, 3.8) is 0 Å². The number of likely N-dealkylation sites (tertiary alicyclic amines) is 1. The molecule has 0 saturated carbocycles. The molecule has 1 fully saturated rings. The van der Waals surface area contributed by atoms with Crippen molar-refractivity contribution in [2.24, 2.45) is 13.0 Å². The Bertz CT molecular complexity index is 335. The van der Waals surface area contributed by atoms with Crippen LogP contribution in [0.4, 0.5) is 0 Å². The maximum Gasteiger partial charge on any atom is 0.149 e. The zero-order valence-electron chi connectivity index (χ0n) is 10.3. The van der Waals surface area contributed by atoms with Crippen molar-refractivity contribution in [2.75, 3.05) is 26.7 Å². The first kappa shape index (κ1) is 11.5. The predicted molar refractivity (Wildman–Crippen MR) is 63.0 cm³/mol. The van der Waals surface area contributed by atoms with E-state index in [2.05, 4.69) is 27.3 Å². The van der Waals surface area contributed by atoms with Crippen LogP contribution < -0.4 is 5.32 Å². The van der Waals surface area contributed by atoms with Gasteiger partial charge in [-0.05, 0) is 39.4 Å². The van der Waals surface area contributed by atoms with E-state index >= 15 is 0 Å². The molecule has 1 saturated heterocycles. The van der Waals surface area contributed by atoms with E-state index in [1.165, 1.54) is 13.0 Å². The van der Waals surface area contributed by atoms with Gasteiger partial charge in [0.2, 0.25) is 0 Å². The fourth-order valence-corrected chi connectivity index (χ4v) is 2.50. The molecule has 0 radical (unpaired) electrons. The highest BCUT2D eigenvalue weighted by Gasteiger charge is 2.28. The van der Waals surface area contributed by atoms with E-state index in [1.807, 2.05) is 18.7 Å². The van der Waals surface area contributed by atoms with E-state index in [0.717, 1.165) is 24.8 Å². The van der Waals surface area contributed by atoms with Crippen molar-refractivity contribution in [2.45, 2.75) is 19.4 Å². The van der Waals surface area contributed by atoms with Gasteiger partial charge in [0.15, 0.2) is 0 Å². The molecule has 2 unspecified atom stereocenters. The number of aryl methyl sites for hydroxylation is 1. The van der Waals surface area contributed by atoms with E-state index in [-0.39, 0.29) is 0 Å². The second-order valence-corrected chi connectivity index (χ2v) is 4.68. The van der Waals surface area contributed by atoms with Gasteiger partial charge in [-0.2, -0.15) is 0 Å². The number of hydrogen-bond donors (Lipinski definition) is 1. The monoisotopic (exact) mass is 223 g/mol. The topological polar surface area (TPSA) is 46.0 Å². The maximum atomic E-state index is 4.19. The molecular weight excluding hydrogens is 202 g/mol. The summed E-state index contributed by atoms with van der Waals surface area (Å²) >= 11 is 0. The third-order valence-electron chi connectivity index (χ3n) is 3.48. The third-order valence-corrected chi connectivity index (χ3v) is 3.48. The van der Waals surface area contributed by atoms with Gasteiger partial charge in [-0.1, -0.05) is 0 Å². The van der Waals surface area contributed by atoms with Crippen molar-refractivity contribution in [3.05, 3.63) is 12.2 Å². The second-order valence-electron chi connectivity index (χ2n) is 4.68. The number of nitrogens with one attached hydrogen (secondary N) is 1. The van der Waals surface area contributed by atoms with E-state index in [9.17, 15) is 0 Å². The lowest BCUT2D eigenvalue weighted by Gasteiger charge is -2.23. The molecule has 1 aliphatic heterocycles. The number of hydrogen-bond acceptors (Lipinski definition) is 4. The molecule has 2 atom stereocenters. The van der Waals surface area contributed by atoms with Gasteiger partial charge in [0, 0.05) is 13.6 Å². The molecule has 0 aliphatic carbocycles. The molecule has 5 heteroatoms. The SMILES string of the molecule is CNCC1CCN(C(C)c2nncn2C)C1. The molecule has 0 amide bonds. The van der Waals surface area contributed by atoms with Crippen molar-refractivity contribution >= 4 is 0 Å². The summed E-state index contributed by atoms with van der Waals surface area (Å²) < 4.78 is 2.01. The smallest absolute Gasteiger partial charge is 0.149 e. The Morgan fingerprint density at radius 3 is 3.06 bits per heavy atom. The maximum absolute atomic E-state index is 4.19. The highest BCUT2D eigenvalue weighted by atomic mass is 15.3. The number of nitrogens with zero attached hydrogens (tertiary/aromatic N) is 4. The van der Waals surface area contributed by atoms with Crippen molar-refractivity contribution in [1.29, 1.82) is 0 Å². The molecule has 16 heavy (non-hydrogen) atoms. The Kier molecular flexibility index (Phi) is 3.56. The van der Waals surface area contributed by atoms with Crippen LogP contribution >= 0.6 is 0 Å². The van der Waals surface area contributed by atoms with Crippen LogP contribution in [0.25, 0.3) is 0 Å². The van der Waals surface area contributed by atoms with Gasteiger partial charge in [0.1, 0.15) is 12.2 Å². The Hall–Kier alpha value is -0.940. The Morgan fingerprint density at radius 1 is 1.62 bits per heavy atom. The normalized spacial score (nSPS) is 23.8. The summed E-state index contributed by atoms with van der Waals surface area (Å²) in [7, 11) is 4.03. The lowest BCUT2D eigenvalue weighted by Crippen LogP contribution is -2.28. The molecule has 2 rings (SSSR count). The van der Waals surface area contributed by atoms with Crippen LogP contribution in [-0.2, 0) is 7.05 Å². The van der Waals surface area contributed by atoms with Crippen molar-refractivity contribution < 1.29 is 0 Å².